The van der Waals surface area contributed by atoms with E-state index in [1.807, 2.05) is 5.40 Å². The van der Waals surface area contributed by atoms with Crippen LogP contribution in [-0.2, 0) is 0 Å². The maximum Gasteiger partial charge on any atom is 0.290 e. The molecule has 1 rings (SSSR count). The van der Waals surface area contributed by atoms with Crippen LogP contribution in [-0.4, -0.2) is 10.1 Å². The third-order valence-electron chi connectivity index (χ3n) is 1.09. The van der Waals surface area contributed by atoms with Crippen molar-refractivity contribution in [2.45, 2.75) is 5.03 Å². The number of halogens is 1. The van der Waals surface area contributed by atoms with Gasteiger partial charge in [-0.15, -0.1) is 0 Å². The lowest BCUT2D eigenvalue weighted by Gasteiger charge is -2.01. The van der Waals surface area contributed by atoms with Gasteiger partial charge in [-0.3, -0.25) is 0 Å². The van der Waals surface area contributed by atoms with Crippen molar-refractivity contribution < 1.29 is 4.73 Å². The molecule has 0 aliphatic carbocycles. The molecule has 1 aromatic heterocycles. The van der Waals surface area contributed by atoms with Crippen molar-refractivity contribution >= 4 is 35.1 Å². The van der Waals surface area contributed by atoms with Gasteiger partial charge in [0.05, 0.1) is 11.3 Å². The number of thiocyanates is 1. The normalized spacial score (nSPS) is 9.54. The van der Waals surface area contributed by atoms with E-state index in [9.17, 15) is 5.21 Å². The van der Waals surface area contributed by atoms with Crippen LogP contribution in [0, 0.1) is 15.9 Å². The highest BCUT2D eigenvalue weighted by Crippen LogP contribution is 2.23. The molecule has 0 bridgehead atoms. The van der Waals surface area contributed by atoms with Gasteiger partial charge in [0.1, 0.15) is 5.40 Å². The third kappa shape index (κ3) is 2.95. The average Bonchev–Trinajstić information content (AvgIpc) is 2.10. The van der Waals surface area contributed by atoms with Crippen LogP contribution in [0.2, 0.25) is 5.15 Å². The first-order valence-corrected chi connectivity index (χ1v) is 5.48. The van der Waals surface area contributed by atoms with Crippen molar-refractivity contribution in [2.75, 3.05) is 5.08 Å². The molecule has 7 heteroatoms. The van der Waals surface area contributed by atoms with Crippen LogP contribution in [0.3, 0.4) is 0 Å². The number of aromatic nitrogens is 2. The van der Waals surface area contributed by atoms with Crippen molar-refractivity contribution in [3.8, 4) is 5.40 Å². The fourth-order valence-corrected chi connectivity index (χ4v) is 2.16. The van der Waals surface area contributed by atoms with Gasteiger partial charge in [-0.05, 0) is 23.5 Å². The lowest BCUT2D eigenvalue weighted by Crippen LogP contribution is -2.28. The van der Waals surface area contributed by atoms with Crippen molar-refractivity contribution in [2.24, 2.45) is 0 Å². The highest BCUT2D eigenvalue weighted by atomic mass is 35.5. The highest BCUT2D eigenvalue weighted by molar-refractivity contribution is 8.18. The SMILES string of the molecule is N#CSCSc1c(Cl)ncc[n+]1[O-]. The van der Waals surface area contributed by atoms with Crippen LogP contribution in [0.15, 0.2) is 17.4 Å². The summed E-state index contributed by atoms with van der Waals surface area (Å²) in [7, 11) is 0. The Morgan fingerprint density at radius 2 is 2.54 bits per heavy atom. The summed E-state index contributed by atoms with van der Waals surface area (Å²) >= 11 is 7.91. The number of nitriles is 1. The fourth-order valence-electron chi connectivity index (χ4n) is 0.608. The van der Waals surface area contributed by atoms with Gasteiger partial charge in [0.25, 0.3) is 5.03 Å². The third-order valence-corrected chi connectivity index (χ3v) is 3.19. The van der Waals surface area contributed by atoms with E-state index >= 15 is 0 Å². The standard InChI is InChI=1S/C6H4ClN3OS2/c7-5-6(13-4-12-3-8)10(11)2-1-9-5/h1-2H,4H2. The van der Waals surface area contributed by atoms with Crippen LogP contribution in [0.5, 0.6) is 0 Å². The molecule has 0 amide bonds. The van der Waals surface area contributed by atoms with E-state index in [-0.39, 0.29) is 5.15 Å². The molecule has 68 valence electrons. The first kappa shape index (κ1) is 10.4. The largest absolute Gasteiger partial charge is 0.618 e. The molecule has 0 N–H and O–H groups in total. The zero-order valence-electron chi connectivity index (χ0n) is 6.31. The topological polar surface area (TPSA) is 63.6 Å². The molecular weight excluding hydrogens is 230 g/mol. The summed E-state index contributed by atoms with van der Waals surface area (Å²) in [5, 5.41) is 22.2. The lowest BCUT2D eigenvalue weighted by molar-refractivity contribution is -0.646. The predicted octanol–water partition coefficient (Wildman–Crippen LogP) is 1.63. The number of nitrogens with zero attached hydrogens (tertiary/aromatic N) is 3. The summed E-state index contributed by atoms with van der Waals surface area (Å²) in [6.07, 6.45) is 2.60. The summed E-state index contributed by atoms with van der Waals surface area (Å²) < 4.78 is 0.637. The molecule has 0 spiro atoms. The Labute approximate surface area is 88.5 Å². The Morgan fingerprint density at radius 3 is 3.15 bits per heavy atom. The maximum absolute atomic E-state index is 11.1. The first-order chi connectivity index (χ1) is 6.25. The van der Waals surface area contributed by atoms with E-state index < -0.39 is 0 Å². The molecule has 0 unspecified atom stereocenters. The summed E-state index contributed by atoms with van der Waals surface area (Å²) in [5.74, 6) is 0. The van der Waals surface area contributed by atoms with E-state index in [0.29, 0.717) is 14.8 Å². The van der Waals surface area contributed by atoms with Crippen LogP contribution < -0.4 is 4.73 Å². The van der Waals surface area contributed by atoms with E-state index in [1.165, 1.54) is 24.2 Å². The maximum atomic E-state index is 11.1. The fraction of sp³-hybridized carbons (Fsp3) is 0.167. The van der Waals surface area contributed by atoms with Gasteiger partial charge in [-0.25, -0.2) is 4.98 Å². The second-order valence-corrected chi connectivity index (χ2v) is 4.29. The summed E-state index contributed by atoms with van der Waals surface area (Å²) in [4.78, 5) is 3.75. The van der Waals surface area contributed by atoms with Crippen molar-refractivity contribution in [1.29, 1.82) is 5.26 Å². The summed E-state index contributed by atoms with van der Waals surface area (Å²) in [5.41, 5.74) is 0. The Kier molecular flexibility index (Phi) is 4.15. The molecular formula is C6H4ClN3OS2. The number of thioether (sulfide) groups is 2. The molecule has 0 fully saturated rings. The van der Waals surface area contributed by atoms with Crippen LogP contribution in [0.4, 0.5) is 0 Å². The van der Waals surface area contributed by atoms with Crippen LogP contribution in [0.25, 0.3) is 0 Å². The van der Waals surface area contributed by atoms with E-state index in [1.54, 1.807) is 0 Å². The molecule has 0 aliphatic rings. The van der Waals surface area contributed by atoms with Gasteiger partial charge >= 0.3 is 0 Å². The quantitative estimate of drug-likeness (QED) is 0.198. The molecule has 0 saturated heterocycles. The number of rotatable bonds is 3. The van der Waals surface area contributed by atoms with Gasteiger partial charge in [-0.1, -0.05) is 11.6 Å². The lowest BCUT2D eigenvalue weighted by atomic mass is 10.7. The molecule has 13 heavy (non-hydrogen) atoms. The van der Waals surface area contributed by atoms with Gasteiger partial charge < -0.3 is 5.21 Å². The number of hydrogen-bond acceptors (Lipinski definition) is 5. The Hall–Kier alpha value is -0.640. The second kappa shape index (κ2) is 5.17. The summed E-state index contributed by atoms with van der Waals surface area (Å²) in [6, 6.07) is 0. The molecule has 0 aromatic carbocycles. The first-order valence-electron chi connectivity index (χ1n) is 3.13. The predicted molar refractivity (Wildman–Crippen MR) is 52.1 cm³/mol. The van der Waals surface area contributed by atoms with Gasteiger partial charge in [0.15, 0.2) is 6.20 Å². The van der Waals surface area contributed by atoms with Crippen molar-refractivity contribution in [1.82, 2.24) is 4.98 Å². The van der Waals surface area contributed by atoms with E-state index in [4.69, 9.17) is 16.9 Å². The van der Waals surface area contributed by atoms with E-state index in [2.05, 4.69) is 4.98 Å². The molecule has 1 aromatic rings. The van der Waals surface area contributed by atoms with Gasteiger partial charge in [0.2, 0.25) is 5.15 Å². The van der Waals surface area contributed by atoms with Crippen molar-refractivity contribution in [3.63, 3.8) is 0 Å². The monoisotopic (exact) mass is 233 g/mol. The van der Waals surface area contributed by atoms with E-state index in [0.717, 1.165) is 11.8 Å². The second-order valence-electron chi connectivity index (χ2n) is 1.85. The van der Waals surface area contributed by atoms with Gasteiger partial charge in [0, 0.05) is 0 Å². The molecule has 0 aliphatic heterocycles. The van der Waals surface area contributed by atoms with Crippen molar-refractivity contribution in [3.05, 3.63) is 22.8 Å². The Morgan fingerprint density at radius 1 is 1.77 bits per heavy atom. The Bertz CT molecular complexity index is 321. The summed E-state index contributed by atoms with van der Waals surface area (Å²) in [6.45, 7) is 0. The zero-order valence-corrected chi connectivity index (χ0v) is 8.70. The molecule has 0 atom stereocenters. The minimum Gasteiger partial charge on any atom is -0.618 e. The smallest absolute Gasteiger partial charge is 0.290 e. The minimum atomic E-state index is 0.168. The molecule has 4 nitrogen and oxygen atoms in total. The molecule has 0 saturated carbocycles. The van der Waals surface area contributed by atoms with Gasteiger partial charge in [-0.2, -0.15) is 9.99 Å². The van der Waals surface area contributed by atoms with Crippen LogP contribution in [0.1, 0.15) is 0 Å². The van der Waals surface area contributed by atoms with Crippen LogP contribution >= 0.6 is 35.1 Å². The highest BCUT2D eigenvalue weighted by Gasteiger charge is 2.12. The Balaban J connectivity index is 2.71. The minimum absolute atomic E-state index is 0.168. The average molecular weight is 234 g/mol. The number of hydrogen-bond donors (Lipinski definition) is 0. The zero-order chi connectivity index (χ0) is 9.68. The molecule has 0 radical (unpaired) electrons. The molecule has 1 heterocycles.